The molecule has 0 unspecified atom stereocenters. The molecular formula is C18H16N2O2. The number of aldehydes is 1. The summed E-state index contributed by atoms with van der Waals surface area (Å²) in [6, 6.07) is 19.6. The summed E-state index contributed by atoms with van der Waals surface area (Å²) in [5, 5.41) is 4.36. The highest BCUT2D eigenvalue weighted by molar-refractivity contribution is 5.72. The van der Waals surface area contributed by atoms with Crippen LogP contribution in [0.2, 0.25) is 0 Å². The van der Waals surface area contributed by atoms with Crippen LogP contribution in [0, 0.1) is 0 Å². The smallest absolute Gasteiger partial charge is 0.170 e. The van der Waals surface area contributed by atoms with Gasteiger partial charge in [0.05, 0.1) is 12.8 Å². The predicted molar refractivity (Wildman–Crippen MR) is 84.8 cm³/mol. The number of ether oxygens (including phenoxy) is 1. The van der Waals surface area contributed by atoms with E-state index in [1.165, 1.54) is 5.56 Å². The standard InChI is InChI=1S/C18H16N2O2/c1-22-18-9-5-8-16(12-18)20-17(11-15(13-21)19-20)10-14-6-3-2-4-7-14/h2-9,11-13H,10H2,1H3. The third-order valence-corrected chi connectivity index (χ3v) is 3.45. The van der Waals surface area contributed by atoms with Gasteiger partial charge in [0.1, 0.15) is 11.4 Å². The van der Waals surface area contributed by atoms with Crippen LogP contribution in [0.25, 0.3) is 5.69 Å². The van der Waals surface area contributed by atoms with Gasteiger partial charge < -0.3 is 4.74 Å². The maximum Gasteiger partial charge on any atom is 0.170 e. The Morgan fingerprint density at radius 3 is 2.64 bits per heavy atom. The largest absolute Gasteiger partial charge is 0.497 e. The van der Waals surface area contributed by atoms with Gasteiger partial charge in [0.25, 0.3) is 0 Å². The lowest BCUT2D eigenvalue weighted by molar-refractivity contribution is 0.111. The second-order valence-electron chi connectivity index (χ2n) is 4.95. The molecule has 3 aromatic rings. The van der Waals surface area contributed by atoms with Crippen LogP contribution in [0.1, 0.15) is 21.7 Å². The van der Waals surface area contributed by atoms with Crippen LogP contribution in [-0.4, -0.2) is 23.2 Å². The molecule has 0 fully saturated rings. The highest BCUT2D eigenvalue weighted by atomic mass is 16.5. The summed E-state index contributed by atoms with van der Waals surface area (Å²) in [7, 11) is 1.63. The number of carbonyl (C=O) groups is 1. The maximum absolute atomic E-state index is 11.1. The quantitative estimate of drug-likeness (QED) is 0.678. The first-order valence-corrected chi connectivity index (χ1v) is 7.02. The van der Waals surface area contributed by atoms with Gasteiger partial charge >= 0.3 is 0 Å². The number of nitrogens with zero attached hydrogens (tertiary/aromatic N) is 2. The van der Waals surface area contributed by atoms with E-state index in [-0.39, 0.29) is 0 Å². The first-order chi connectivity index (χ1) is 10.8. The molecule has 2 aromatic carbocycles. The fourth-order valence-corrected chi connectivity index (χ4v) is 2.39. The average Bonchev–Trinajstić information content (AvgIpc) is 2.99. The Balaban J connectivity index is 2.02. The van der Waals surface area contributed by atoms with E-state index in [0.29, 0.717) is 12.1 Å². The first kappa shape index (κ1) is 14.1. The molecule has 3 rings (SSSR count). The molecule has 0 atom stereocenters. The average molecular weight is 292 g/mol. The lowest BCUT2D eigenvalue weighted by Crippen LogP contribution is -2.03. The van der Waals surface area contributed by atoms with Crippen molar-refractivity contribution in [2.45, 2.75) is 6.42 Å². The third-order valence-electron chi connectivity index (χ3n) is 3.45. The van der Waals surface area contributed by atoms with E-state index in [1.807, 2.05) is 48.5 Å². The zero-order valence-corrected chi connectivity index (χ0v) is 12.3. The summed E-state index contributed by atoms with van der Waals surface area (Å²) < 4.78 is 7.05. The van der Waals surface area contributed by atoms with Crippen molar-refractivity contribution in [3.63, 3.8) is 0 Å². The van der Waals surface area contributed by atoms with Crippen LogP contribution in [0.15, 0.2) is 60.7 Å². The molecule has 0 amide bonds. The van der Waals surface area contributed by atoms with Gasteiger partial charge in [-0.15, -0.1) is 0 Å². The van der Waals surface area contributed by atoms with Gasteiger partial charge in [-0.05, 0) is 23.8 Å². The lowest BCUT2D eigenvalue weighted by atomic mass is 10.1. The van der Waals surface area contributed by atoms with E-state index in [9.17, 15) is 4.79 Å². The fourth-order valence-electron chi connectivity index (χ4n) is 2.39. The summed E-state index contributed by atoms with van der Waals surface area (Å²) in [5.41, 5.74) is 3.43. The van der Waals surface area contributed by atoms with Crippen molar-refractivity contribution >= 4 is 6.29 Å². The molecule has 0 saturated carbocycles. The minimum Gasteiger partial charge on any atom is -0.497 e. The summed E-state index contributed by atoms with van der Waals surface area (Å²) in [4.78, 5) is 11.1. The van der Waals surface area contributed by atoms with Gasteiger partial charge in [0.2, 0.25) is 0 Å². The van der Waals surface area contributed by atoms with Gasteiger partial charge in [0.15, 0.2) is 6.29 Å². The topological polar surface area (TPSA) is 44.1 Å². The highest BCUT2D eigenvalue weighted by Crippen LogP contribution is 2.20. The number of rotatable bonds is 5. The summed E-state index contributed by atoms with van der Waals surface area (Å²) in [5.74, 6) is 0.756. The summed E-state index contributed by atoms with van der Waals surface area (Å²) >= 11 is 0. The molecule has 1 aromatic heterocycles. The van der Waals surface area contributed by atoms with Crippen LogP contribution in [0.5, 0.6) is 5.75 Å². The van der Waals surface area contributed by atoms with Crippen molar-refractivity contribution in [2.75, 3.05) is 7.11 Å². The van der Waals surface area contributed by atoms with Crippen LogP contribution in [0.4, 0.5) is 0 Å². The Morgan fingerprint density at radius 1 is 1.09 bits per heavy atom. The molecule has 0 N–H and O–H groups in total. The van der Waals surface area contributed by atoms with E-state index in [0.717, 1.165) is 23.4 Å². The van der Waals surface area contributed by atoms with Crippen LogP contribution < -0.4 is 4.74 Å². The number of hydrogen-bond donors (Lipinski definition) is 0. The Morgan fingerprint density at radius 2 is 1.91 bits per heavy atom. The van der Waals surface area contributed by atoms with Gasteiger partial charge in [0, 0.05) is 18.2 Å². The van der Waals surface area contributed by atoms with Crippen molar-refractivity contribution in [1.29, 1.82) is 0 Å². The number of benzene rings is 2. The summed E-state index contributed by atoms with van der Waals surface area (Å²) in [6.07, 6.45) is 1.48. The number of carbonyl (C=O) groups excluding carboxylic acids is 1. The molecule has 0 aliphatic heterocycles. The highest BCUT2D eigenvalue weighted by Gasteiger charge is 2.10. The van der Waals surface area contributed by atoms with E-state index in [4.69, 9.17) is 4.74 Å². The van der Waals surface area contributed by atoms with Crippen LogP contribution in [0.3, 0.4) is 0 Å². The molecule has 1 heterocycles. The minimum atomic E-state index is 0.425. The van der Waals surface area contributed by atoms with Crippen LogP contribution in [-0.2, 0) is 6.42 Å². The molecule has 0 spiro atoms. The monoisotopic (exact) mass is 292 g/mol. The summed E-state index contributed by atoms with van der Waals surface area (Å²) in [6.45, 7) is 0. The second-order valence-corrected chi connectivity index (χ2v) is 4.95. The molecule has 0 saturated heterocycles. The van der Waals surface area contributed by atoms with Crippen molar-refractivity contribution in [1.82, 2.24) is 9.78 Å². The van der Waals surface area contributed by atoms with Crippen LogP contribution >= 0.6 is 0 Å². The van der Waals surface area contributed by atoms with Crippen molar-refractivity contribution in [2.24, 2.45) is 0 Å². The maximum atomic E-state index is 11.1. The SMILES string of the molecule is COc1cccc(-n2nc(C=O)cc2Cc2ccccc2)c1. The molecule has 22 heavy (non-hydrogen) atoms. The van der Waals surface area contributed by atoms with Gasteiger partial charge in [-0.3, -0.25) is 4.79 Å². The normalized spacial score (nSPS) is 10.4. The fraction of sp³-hybridized carbons (Fsp3) is 0.111. The lowest BCUT2D eigenvalue weighted by Gasteiger charge is -2.09. The molecule has 0 radical (unpaired) electrons. The third kappa shape index (κ3) is 2.91. The molecule has 0 aliphatic rings. The molecular weight excluding hydrogens is 276 g/mol. The van der Waals surface area contributed by atoms with Gasteiger partial charge in [-0.2, -0.15) is 5.10 Å². The molecule has 0 bridgehead atoms. The Kier molecular flexibility index (Phi) is 4.01. The van der Waals surface area contributed by atoms with E-state index in [1.54, 1.807) is 11.8 Å². The Labute approximate surface area is 129 Å². The molecule has 4 heteroatoms. The number of aromatic nitrogens is 2. The Bertz CT molecular complexity index is 779. The van der Waals surface area contributed by atoms with Crippen molar-refractivity contribution in [3.05, 3.63) is 77.6 Å². The Hall–Kier alpha value is -2.88. The molecule has 110 valence electrons. The number of hydrogen-bond acceptors (Lipinski definition) is 3. The zero-order chi connectivity index (χ0) is 15.4. The second kappa shape index (κ2) is 6.26. The molecule has 0 aliphatic carbocycles. The zero-order valence-electron chi connectivity index (χ0n) is 12.3. The van der Waals surface area contributed by atoms with E-state index >= 15 is 0 Å². The first-order valence-electron chi connectivity index (χ1n) is 7.02. The van der Waals surface area contributed by atoms with E-state index in [2.05, 4.69) is 17.2 Å². The molecule has 4 nitrogen and oxygen atoms in total. The van der Waals surface area contributed by atoms with Crippen molar-refractivity contribution in [3.8, 4) is 11.4 Å². The number of methoxy groups -OCH3 is 1. The predicted octanol–water partition coefficient (Wildman–Crippen LogP) is 3.28. The minimum absolute atomic E-state index is 0.425. The van der Waals surface area contributed by atoms with Crippen molar-refractivity contribution < 1.29 is 9.53 Å². The van der Waals surface area contributed by atoms with Gasteiger partial charge in [-0.25, -0.2) is 4.68 Å². The van der Waals surface area contributed by atoms with Gasteiger partial charge in [-0.1, -0.05) is 36.4 Å². The van der Waals surface area contributed by atoms with E-state index < -0.39 is 0 Å².